The van der Waals surface area contributed by atoms with Crippen LogP contribution < -0.4 is 16.2 Å². The van der Waals surface area contributed by atoms with Crippen LogP contribution in [0, 0.1) is 0 Å². The minimum absolute atomic E-state index is 0. The lowest BCUT2D eigenvalue weighted by molar-refractivity contribution is 0.312. The third-order valence-electron chi connectivity index (χ3n) is 2.60. The maximum Gasteiger partial charge on any atom is 0.160 e. The Hall–Kier alpha value is -0.530. The van der Waals surface area contributed by atoms with E-state index in [2.05, 4.69) is 32.2 Å². The third kappa shape index (κ3) is 4.99. The van der Waals surface area contributed by atoms with Crippen LogP contribution in [0.1, 0.15) is 0 Å². The minimum Gasteiger partial charge on any atom is -0.353 e. The second-order valence-electron chi connectivity index (χ2n) is 3.70. The van der Waals surface area contributed by atoms with Crippen LogP contribution in [0.5, 0.6) is 0 Å². The molecule has 6 nitrogen and oxygen atoms in total. The van der Waals surface area contributed by atoms with Crippen LogP contribution in [0.4, 0.5) is 11.6 Å². The zero-order valence-corrected chi connectivity index (χ0v) is 12.5. The number of likely N-dealkylation sites (N-methyl/N-ethyl adjacent to an activating group) is 1. The Kier molecular flexibility index (Phi) is 10.3. The summed E-state index contributed by atoms with van der Waals surface area (Å²) in [6.45, 7) is 4.09. The van der Waals surface area contributed by atoms with E-state index in [9.17, 15) is 0 Å². The molecule has 2 rings (SSSR count). The molecular formula is C9H19Cl3N6. The van der Waals surface area contributed by atoms with Crippen LogP contribution in [0.2, 0.25) is 0 Å². The number of anilines is 2. The number of hydrogen-bond donors (Lipinski definition) is 2. The fraction of sp³-hybridized carbons (Fsp3) is 0.556. The lowest BCUT2D eigenvalue weighted by atomic mass is 10.3. The molecule has 0 saturated carbocycles. The highest BCUT2D eigenvalue weighted by atomic mass is 35.5. The van der Waals surface area contributed by atoms with Gasteiger partial charge in [0, 0.05) is 26.2 Å². The Morgan fingerprint density at radius 3 is 2.28 bits per heavy atom. The van der Waals surface area contributed by atoms with Gasteiger partial charge in [0.2, 0.25) is 0 Å². The van der Waals surface area contributed by atoms with Crippen LogP contribution in [0.25, 0.3) is 0 Å². The zero-order chi connectivity index (χ0) is 10.7. The van der Waals surface area contributed by atoms with Crippen LogP contribution in [-0.2, 0) is 0 Å². The summed E-state index contributed by atoms with van der Waals surface area (Å²) in [6, 6.07) is 0. The summed E-state index contributed by atoms with van der Waals surface area (Å²) in [5.74, 6) is 6.78. The molecule has 1 aliphatic heterocycles. The van der Waals surface area contributed by atoms with Crippen molar-refractivity contribution in [3.05, 3.63) is 12.4 Å². The van der Waals surface area contributed by atoms with Crippen LogP contribution >= 0.6 is 37.2 Å². The number of hydrazine groups is 1. The molecule has 0 bridgehead atoms. The minimum atomic E-state index is 0. The van der Waals surface area contributed by atoms with Gasteiger partial charge in [-0.25, -0.2) is 10.8 Å². The number of piperazine rings is 1. The lowest BCUT2D eigenvalue weighted by Crippen LogP contribution is -2.44. The van der Waals surface area contributed by atoms with Gasteiger partial charge in [-0.2, -0.15) is 0 Å². The standard InChI is InChI=1S/C9H16N6.3ClH/c1-14-2-4-15(5-3-14)9-7-11-6-8(12-9)13-10;;;/h6-7H,2-5,10H2,1H3,(H,12,13);3*1H. The second-order valence-corrected chi connectivity index (χ2v) is 3.70. The molecule has 0 amide bonds. The van der Waals surface area contributed by atoms with E-state index in [0.717, 1.165) is 32.0 Å². The van der Waals surface area contributed by atoms with E-state index in [1.165, 1.54) is 0 Å². The Labute approximate surface area is 126 Å². The van der Waals surface area contributed by atoms with Crippen molar-refractivity contribution in [2.75, 3.05) is 43.6 Å². The van der Waals surface area contributed by atoms with Gasteiger partial charge < -0.3 is 15.2 Å². The maximum absolute atomic E-state index is 5.29. The molecule has 106 valence electrons. The Morgan fingerprint density at radius 2 is 1.72 bits per heavy atom. The molecule has 1 aromatic heterocycles. The molecule has 1 aliphatic rings. The molecular weight excluding hydrogens is 298 g/mol. The number of rotatable bonds is 2. The van der Waals surface area contributed by atoms with Gasteiger partial charge in [0.1, 0.15) is 5.82 Å². The van der Waals surface area contributed by atoms with Crippen molar-refractivity contribution in [1.82, 2.24) is 14.9 Å². The summed E-state index contributed by atoms with van der Waals surface area (Å²) < 4.78 is 0. The van der Waals surface area contributed by atoms with Gasteiger partial charge in [-0.15, -0.1) is 37.2 Å². The largest absolute Gasteiger partial charge is 0.353 e. The van der Waals surface area contributed by atoms with E-state index >= 15 is 0 Å². The molecule has 1 fully saturated rings. The highest BCUT2D eigenvalue weighted by molar-refractivity contribution is 5.86. The van der Waals surface area contributed by atoms with E-state index < -0.39 is 0 Å². The average molecular weight is 318 g/mol. The van der Waals surface area contributed by atoms with Gasteiger partial charge in [-0.3, -0.25) is 4.98 Å². The van der Waals surface area contributed by atoms with Crippen molar-refractivity contribution in [3.63, 3.8) is 0 Å². The summed E-state index contributed by atoms with van der Waals surface area (Å²) in [4.78, 5) is 13.0. The topological polar surface area (TPSA) is 70.3 Å². The van der Waals surface area contributed by atoms with E-state index in [-0.39, 0.29) is 37.2 Å². The summed E-state index contributed by atoms with van der Waals surface area (Å²) >= 11 is 0. The Bertz CT molecular complexity index is 332. The number of aromatic nitrogens is 2. The van der Waals surface area contributed by atoms with Crippen molar-refractivity contribution in [2.24, 2.45) is 5.84 Å². The van der Waals surface area contributed by atoms with Crippen molar-refractivity contribution in [1.29, 1.82) is 0 Å². The van der Waals surface area contributed by atoms with Crippen molar-refractivity contribution in [2.45, 2.75) is 0 Å². The predicted molar refractivity (Wildman–Crippen MR) is 81.3 cm³/mol. The molecule has 0 spiro atoms. The lowest BCUT2D eigenvalue weighted by Gasteiger charge is -2.33. The van der Waals surface area contributed by atoms with Crippen LogP contribution in [0.15, 0.2) is 12.4 Å². The summed E-state index contributed by atoms with van der Waals surface area (Å²) in [5.41, 5.74) is 2.50. The fourth-order valence-electron chi connectivity index (χ4n) is 1.61. The molecule has 1 saturated heterocycles. The predicted octanol–water partition coefficient (Wildman–Crippen LogP) is 0.779. The summed E-state index contributed by atoms with van der Waals surface area (Å²) in [5, 5.41) is 0. The quantitative estimate of drug-likeness (QED) is 0.620. The van der Waals surface area contributed by atoms with Crippen LogP contribution in [0.3, 0.4) is 0 Å². The van der Waals surface area contributed by atoms with Crippen molar-refractivity contribution in [3.8, 4) is 0 Å². The molecule has 0 aliphatic carbocycles. The molecule has 3 N–H and O–H groups in total. The number of nitrogens with one attached hydrogen (secondary N) is 1. The highest BCUT2D eigenvalue weighted by Gasteiger charge is 2.15. The van der Waals surface area contributed by atoms with Crippen molar-refractivity contribution < 1.29 is 0 Å². The third-order valence-corrected chi connectivity index (χ3v) is 2.60. The number of nitrogen functional groups attached to an aromatic ring is 1. The van der Waals surface area contributed by atoms with Gasteiger partial charge in [-0.05, 0) is 7.05 Å². The molecule has 18 heavy (non-hydrogen) atoms. The Balaban J connectivity index is 0. The van der Waals surface area contributed by atoms with Gasteiger partial charge in [0.15, 0.2) is 5.82 Å². The number of halogens is 3. The summed E-state index contributed by atoms with van der Waals surface area (Å²) in [6.07, 6.45) is 3.38. The molecule has 2 heterocycles. The molecule has 0 unspecified atom stereocenters. The van der Waals surface area contributed by atoms with E-state index in [4.69, 9.17) is 5.84 Å². The van der Waals surface area contributed by atoms with Gasteiger partial charge in [0.05, 0.1) is 12.4 Å². The van der Waals surface area contributed by atoms with Crippen LogP contribution in [-0.4, -0.2) is 48.1 Å². The highest BCUT2D eigenvalue weighted by Crippen LogP contribution is 2.13. The van der Waals surface area contributed by atoms with E-state index in [1.807, 2.05) is 0 Å². The van der Waals surface area contributed by atoms with Gasteiger partial charge >= 0.3 is 0 Å². The first-order valence-electron chi connectivity index (χ1n) is 5.02. The van der Waals surface area contributed by atoms with Gasteiger partial charge in [-0.1, -0.05) is 0 Å². The van der Waals surface area contributed by atoms with E-state index in [0.29, 0.717) is 5.82 Å². The molecule has 1 aromatic rings. The monoisotopic (exact) mass is 316 g/mol. The zero-order valence-electron chi connectivity index (χ0n) is 10.1. The Morgan fingerprint density at radius 1 is 1.11 bits per heavy atom. The fourth-order valence-corrected chi connectivity index (χ4v) is 1.61. The van der Waals surface area contributed by atoms with E-state index in [1.54, 1.807) is 12.4 Å². The molecule has 0 aromatic carbocycles. The molecule has 0 atom stereocenters. The first-order chi connectivity index (χ1) is 7.29. The normalized spacial score (nSPS) is 14.9. The first kappa shape index (κ1) is 19.8. The number of nitrogens with zero attached hydrogens (tertiary/aromatic N) is 4. The number of nitrogens with two attached hydrogens (primary N) is 1. The number of hydrogen-bond acceptors (Lipinski definition) is 6. The first-order valence-corrected chi connectivity index (χ1v) is 5.02. The molecule has 0 radical (unpaired) electrons. The van der Waals surface area contributed by atoms with Gasteiger partial charge in [0.25, 0.3) is 0 Å². The average Bonchev–Trinajstić information content (AvgIpc) is 2.30. The maximum atomic E-state index is 5.29. The molecule has 9 heteroatoms. The smallest absolute Gasteiger partial charge is 0.160 e. The second kappa shape index (κ2) is 9.41. The summed E-state index contributed by atoms with van der Waals surface area (Å²) in [7, 11) is 2.13. The SMILES string of the molecule is CN1CCN(c2cncc(NN)n2)CC1.Cl.Cl.Cl. The van der Waals surface area contributed by atoms with Crippen molar-refractivity contribution >= 4 is 48.9 Å².